The molecule has 0 aliphatic carbocycles. The van der Waals surface area contributed by atoms with Crippen LogP contribution in [0.1, 0.15) is 49.4 Å². The van der Waals surface area contributed by atoms with Crippen LogP contribution in [0.5, 0.6) is 0 Å². The van der Waals surface area contributed by atoms with Crippen LogP contribution in [0.25, 0.3) is 0 Å². The third-order valence-electron chi connectivity index (χ3n) is 4.87. The van der Waals surface area contributed by atoms with Crippen LogP contribution < -0.4 is 5.32 Å². The first-order valence-electron chi connectivity index (χ1n) is 8.49. The van der Waals surface area contributed by atoms with E-state index in [4.69, 9.17) is 0 Å². The van der Waals surface area contributed by atoms with Crippen LogP contribution in [0, 0.1) is 5.92 Å². The Morgan fingerprint density at radius 1 is 1.00 bits per heavy atom. The van der Waals surface area contributed by atoms with E-state index >= 15 is 0 Å². The highest BCUT2D eigenvalue weighted by molar-refractivity contribution is 5.88. The lowest BCUT2D eigenvalue weighted by atomic mass is 9.78. The molecule has 0 amide bonds. The molecule has 1 fully saturated rings. The number of hydrogen-bond donors (Lipinski definition) is 2. The van der Waals surface area contributed by atoms with Gasteiger partial charge in [0.2, 0.25) is 0 Å². The summed E-state index contributed by atoms with van der Waals surface area (Å²) in [4.78, 5) is 0. The zero-order valence-corrected chi connectivity index (χ0v) is 13.6. The van der Waals surface area contributed by atoms with E-state index in [0.717, 1.165) is 25.0 Å². The Labute approximate surface area is 138 Å². The van der Waals surface area contributed by atoms with Gasteiger partial charge in [0.25, 0.3) is 0 Å². The Morgan fingerprint density at radius 2 is 1.61 bits per heavy atom. The molecule has 1 aliphatic heterocycles. The van der Waals surface area contributed by atoms with E-state index in [9.17, 15) is 5.21 Å². The van der Waals surface area contributed by atoms with Crippen molar-refractivity contribution < 1.29 is 10.5 Å². The predicted octanol–water partition coefficient (Wildman–Crippen LogP) is 3.68. The first-order chi connectivity index (χ1) is 11.3. The largest absolute Gasteiger partial charge is 0.411 e. The lowest BCUT2D eigenvalue weighted by Gasteiger charge is -2.35. The number of benzene rings is 2. The maximum Gasteiger partial charge on any atom is 0.120 e. The maximum absolute atomic E-state index is 9.59. The molecule has 0 saturated carbocycles. The number of nitrogens with two attached hydrogens (primary N) is 1. The number of rotatable bonds is 4. The van der Waals surface area contributed by atoms with Crippen molar-refractivity contribution in [3.63, 3.8) is 0 Å². The summed E-state index contributed by atoms with van der Waals surface area (Å²) in [7, 11) is 0. The van der Waals surface area contributed by atoms with E-state index in [1.54, 1.807) is 0 Å². The van der Waals surface area contributed by atoms with E-state index in [-0.39, 0.29) is 0 Å². The van der Waals surface area contributed by atoms with Crippen LogP contribution in [0.4, 0.5) is 0 Å². The van der Waals surface area contributed by atoms with E-state index in [1.165, 1.54) is 11.1 Å². The van der Waals surface area contributed by atoms with Gasteiger partial charge in [-0.1, -0.05) is 79.2 Å². The van der Waals surface area contributed by atoms with E-state index in [2.05, 4.69) is 72.0 Å². The summed E-state index contributed by atoms with van der Waals surface area (Å²) in [5.41, 5.74) is 3.55. The van der Waals surface area contributed by atoms with Crippen LogP contribution in [0.15, 0.2) is 65.8 Å². The van der Waals surface area contributed by atoms with Crippen molar-refractivity contribution in [2.45, 2.75) is 38.3 Å². The normalized spacial score (nSPS) is 26.3. The molecule has 23 heavy (non-hydrogen) atoms. The number of hydrogen-bond acceptors (Lipinski definition) is 2. The lowest BCUT2D eigenvalue weighted by molar-refractivity contribution is -0.742. The lowest BCUT2D eigenvalue weighted by Crippen LogP contribution is -2.90. The fourth-order valence-electron chi connectivity index (χ4n) is 3.76. The Kier molecular flexibility index (Phi) is 5.09. The summed E-state index contributed by atoms with van der Waals surface area (Å²) >= 11 is 0. The number of nitrogens with zero attached hydrogens (tertiary/aromatic N) is 1. The molecule has 3 atom stereocenters. The molecule has 0 bridgehead atoms. The Morgan fingerprint density at radius 3 is 2.17 bits per heavy atom. The standard InChI is InChI=1S/C20H24N2O/c1-2-9-17-19(22-23)14-18(15-10-5-3-6-11-15)21-20(17)16-12-7-4-8-13-16/h3-8,10-13,17-18,20-21,23H,2,9,14H2,1H3/p+1/b22-19-/t17-,18+,20-/m1/s1. The fraction of sp³-hybridized carbons (Fsp3) is 0.350. The first-order valence-corrected chi connectivity index (χ1v) is 8.49. The molecule has 0 unspecified atom stereocenters. The highest BCUT2D eigenvalue weighted by Gasteiger charge is 2.39. The Hall–Kier alpha value is -2.13. The third kappa shape index (κ3) is 3.45. The highest BCUT2D eigenvalue weighted by Crippen LogP contribution is 2.32. The monoisotopic (exact) mass is 309 g/mol. The molecule has 3 heteroatoms. The third-order valence-corrected chi connectivity index (χ3v) is 4.87. The minimum absolute atomic E-state index is 0.298. The highest BCUT2D eigenvalue weighted by atomic mass is 16.4. The first kappa shape index (κ1) is 15.8. The minimum Gasteiger partial charge on any atom is -0.411 e. The zero-order valence-electron chi connectivity index (χ0n) is 13.6. The minimum atomic E-state index is 0.298. The average molecular weight is 309 g/mol. The quantitative estimate of drug-likeness (QED) is 0.657. The molecule has 1 heterocycles. The second kappa shape index (κ2) is 7.42. The van der Waals surface area contributed by atoms with Crippen molar-refractivity contribution >= 4 is 5.71 Å². The number of quaternary nitrogens is 1. The molecule has 2 aromatic carbocycles. The summed E-state index contributed by atoms with van der Waals surface area (Å²) in [5, 5.41) is 15.7. The van der Waals surface area contributed by atoms with Gasteiger partial charge in [0.1, 0.15) is 12.1 Å². The topological polar surface area (TPSA) is 49.2 Å². The molecule has 1 saturated heterocycles. The summed E-state index contributed by atoms with van der Waals surface area (Å²) in [5.74, 6) is 0.298. The maximum atomic E-state index is 9.59. The van der Waals surface area contributed by atoms with Crippen molar-refractivity contribution in [2.24, 2.45) is 11.1 Å². The van der Waals surface area contributed by atoms with Crippen molar-refractivity contribution in [3.8, 4) is 0 Å². The van der Waals surface area contributed by atoms with Gasteiger partial charge in [-0.05, 0) is 6.42 Å². The van der Waals surface area contributed by atoms with Crippen LogP contribution in [-0.2, 0) is 0 Å². The van der Waals surface area contributed by atoms with Crippen molar-refractivity contribution in [2.75, 3.05) is 0 Å². The molecular formula is C20H25N2O+. The second-order valence-corrected chi connectivity index (χ2v) is 6.34. The van der Waals surface area contributed by atoms with Gasteiger partial charge in [-0.2, -0.15) is 0 Å². The SMILES string of the molecule is CCC[C@@H]1/C(=N\O)C[C@@H](c2ccccc2)[NH2+][C@@H]1c1ccccc1. The van der Waals surface area contributed by atoms with Crippen LogP contribution in [0.2, 0.25) is 0 Å². The smallest absolute Gasteiger partial charge is 0.120 e. The summed E-state index contributed by atoms with van der Waals surface area (Å²) in [6, 6.07) is 21.8. The van der Waals surface area contributed by atoms with Gasteiger partial charge in [0.15, 0.2) is 0 Å². The molecule has 3 nitrogen and oxygen atoms in total. The second-order valence-electron chi connectivity index (χ2n) is 6.34. The van der Waals surface area contributed by atoms with Crippen LogP contribution >= 0.6 is 0 Å². The van der Waals surface area contributed by atoms with Gasteiger partial charge in [0.05, 0.1) is 11.6 Å². The molecule has 1 aliphatic rings. The molecule has 3 rings (SSSR count). The van der Waals surface area contributed by atoms with Gasteiger partial charge in [-0.15, -0.1) is 0 Å². The molecule has 0 radical (unpaired) electrons. The molecule has 3 N–H and O–H groups in total. The van der Waals surface area contributed by atoms with Gasteiger partial charge >= 0.3 is 0 Å². The van der Waals surface area contributed by atoms with Crippen molar-refractivity contribution in [1.82, 2.24) is 0 Å². The van der Waals surface area contributed by atoms with Gasteiger partial charge < -0.3 is 10.5 Å². The van der Waals surface area contributed by atoms with Crippen LogP contribution in [0.3, 0.4) is 0 Å². The molecule has 2 aromatic rings. The van der Waals surface area contributed by atoms with Crippen molar-refractivity contribution in [3.05, 3.63) is 71.8 Å². The average Bonchev–Trinajstić information content (AvgIpc) is 2.63. The Bertz CT molecular complexity index is 639. The molecule has 120 valence electrons. The fourth-order valence-corrected chi connectivity index (χ4v) is 3.76. The molecule has 0 aromatic heterocycles. The summed E-state index contributed by atoms with van der Waals surface area (Å²) in [6.07, 6.45) is 2.96. The van der Waals surface area contributed by atoms with E-state index in [1.807, 2.05) is 6.07 Å². The zero-order chi connectivity index (χ0) is 16.1. The van der Waals surface area contributed by atoms with Gasteiger partial charge in [-0.3, -0.25) is 0 Å². The number of oxime groups is 1. The summed E-state index contributed by atoms with van der Waals surface area (Å²) in [6.45, 7) is 2.19. The predicted molar refractivity (Wildman–Crippen MR) is 92.5 cm³/mol. The Balaban J connectivity index is 1.95. The van der Waals surface area contributed by atoms with Gasteiger partial charge in [-0.25, -0.2) is 0 Å². The number of piperidine rings is 1. The molecular weight excluding hydrogens is 284 g/mol. The van der Waals surface area contributed by atoms with Crippen molar-refractivity contribution in [1.29, 1.82) is 0 Å². The van der Waals surface area contributed by atoms with E-state index in [0.29, 0.717) is 18.0 Å². The van der Waals surface area contributed by atoms with E-state index < -0.39 is 0 Å². The van der Waals surface area contributed by atoms with Crippen LogP contribution in [-0.4, -0.2) is 10.9 Å². The molecule has 0 spiro atoms. The van der Waals surface area contributed by atoms with Gasteiger partial charge in [0, 0.05) is 17.5 Å². The summed E-state index contributed by atoms with van der Waals surface area (Å²) < 4.78 is 0.